The van der Waals surface area contributed by atoms with E-state index in [1.807, 2.05) is 11.8 Å². The van der Waals surface area contributed by atoms with Crippen LogP contribution >= 0.6 is 11.6 Å². The van der Waals surface area contributed by atoms with Gasteiger partial charge in [0.15, 0.2) is 0 Å². The lowest BCUT2D eigenvalue weighted by Crippen LogP contribution is -2.37. The number of rotatable bonds is 5. The molecule has 0 aliphatic carbocycles. The van der Waals surface area contributed by atoms with Crippen molar-refractivity contribution < 1.29 is 19.8 Å². The molecule has 1 saturated heterocycles. The minimum atomic E-state index is -1.00. The Morgan fingerprint density at radius 2 is 2.09 bits per heavy atom. The number of aromatic amines is 1. The second-order valence-corrected chi connectivity index (χ2v) is 6.11. The van der Waals surface area contributed by atoms with Crippen LogP contribution in [0.5, 0.6) is 0 Å². The van der Waals surface area contributed by atoms with Crippen molar-refractivity contribution in [2.24, 2.45) is 0 Å². The second kappa shape index (κ2) is 7.76. The summed E-state index contributed by atoms with van der Waals surface area (Å²) in [4.78, 5) is 26.1. The zero-order valence-electron chi connectivity index (χ0n) is 13.0. The largest absolute Gasteiger partial charge is 0.481 e. The number of hydrogen-bond donors (Lipinski definition) is 3. The Labute approximate surface area is 139 Å². The predicted molar refractivity (Wildman–Crippen MR) is 83.1 cm³/mol. The molecule has 2 rings (SSSR count). The van der Waals surface area contributed by atoms with Crippen LogP contribution < -0.4 is 0 Å². The first-order valence-electron chi connectivity index (χ1n) is 7.46. The molecule has 1 unspecified atom stereocenters. The Kier molecular flexibility index (Phi) is 5.97. The van der Waals surface area contributed by atoms with E-state index in [9.17, 15) is 14.7 Å². The Morgan fingerprint density at radius 3 is 2.70 bits per heavy atom. The second-order valence-electron chi connectivity index (χ2n) is 5.73. The number of hydrogen-bond acceptors (Lipinski definition) is 5. The first kappa shape index (κ1) is 17.7. The molecule has 8 nitrogen and oxygen atoms in total. The van der Waals surface area contributed by atoms with Crippen molar-refractivity contribution in [1.82, 2.24) is 20.0 Å². The maximum Gasteiger partial charge on any atom is 0.303 e. The molecule has 1 aromatic rings. The van der Waals surface area contributed by atoms with Crippen LogP contribution in [0.2, 0.25) is 5.02 Å². The van der Waals surface area contributed by atoms with E-state index in [4.69, 9.17) is 16.7 Å². The van der Waals surface area contributed by atoms with Crippen LogP contribution in [0.3, 0.4) is 0 Å². The highest BCUT2D eigenvalue weighted by Gasteiger charge is 2.25. The van der Waals surface area contributed by atoms with Crippen LogP contribution in [-0.4, -0.2) is 74.4 Å². The molecule has 128 valence electrons. The number of aliphatic hydroxyl groups is 1. The number of aromatic nitrogens is 2. The molecule has 1 fully saturated rings. The van der Waals surface area contributed by atoms with Crippen LogP contribution in [0, 0.1) is 6.92 Å². The van der Waals surface area contributed by atoms with Crippen molar-refractivity contribution in [2.45, 2.75) is 32.4 Å². The number of amides is 1. The summed E-state index contributed by atoms with van der Waals surface area (Å²) in [6.07, 6.45) is -0.936. The van der Waals surface area contributed by atoms with Crippen molar-refractivity contribution in [1.29, 1.82) is 0 Å². The number of halogens is 1. The molecule has 0 saturated carbocycles. The minimum Gasteiger partial charge on any atom is -0.481 e. The monoisotopic (exact) mass is 344 g/mol. The number of carboxylic acid groups (broad SMARTS) is 1. The van der Waals surface area contributed by atoms with Gasteiger partial charge in [-0.15, -0.1) is 0 Å². The van der Waals surface area contributed by atoms with Gasteiger partial charge in [-0.2, -0.15) is 5.10 Å². The third-order valence-electron chi connectivity index (χ3n) is 3.81. The maximum absolute atomic E-state index is 12.0. The van der Waals surface area contributed by atoms with Crippen LogP contribution in [0.25, 0.3) is 0 Å². The Balaban J connectivity index is 1.93. The molecule has 1 aromatic heterocycles. The number of aryl methyl sites for hydroxylation is 1. The van der Waals surface area contributed by atoms with Crippen molar-refractivity contribution in [3.63, 3.8) is 0 Å². The molecule has 2 heterocycles. The van der Waals surface area contributed by atoms with Gasteiger partial charge in [-0.25, -0.2) is 0 Å². The maximum atomic E-state index is 12.0. The number of nitrogens with zero attached hydrogens (tertiary/aromatic N) is 3. The van der Waals surface area contributed by atoms with Crippen molar-refractivity contribution in [3.05, 3.63) is 16.4 Å². The van der Waals surface area contributed by atoms with Gasteiger partial charge in [0.1, 0.15) is 0 Å². The number of aliphatic carboxylic acids is 1. The van der Waals surface area contributed by atoms with Gasteiger partial charge >= 0.3 is 5.97 Å². The first-order valence-corrected chi connectivity index (χ1v) is 7.84. The lowest BCUT2D eigenvalue weighted by molar-refractivity contribution is -0.141. The summed E-state index contributed by atoms with van der Waals surface area (Å²) >= 11 is 6.15. The number of carbonyl (C=O) groups is 2. The fourth-order valence-electron chi connectivity index (χ4n) is 2.58. The third kappa shape index (κ3) is 4.92. The van der Waals surface area contributed by atoms with E-state index >= 15 is 0 Å². The summed E-state index contributed by atoms with van der Waals surface area (Å²) in [6.45, 7) is 3.94. The molecule has 0 spiro atoms. The van der Waals surface area contributed by atoms with Gasteiger partial charge in [0.05, 0.1) is 28.9 Å². The molecule has 1 aliphatic heterocycles. The molecule has 3 N–H and O–H groups in total. The highest BCUT2D eigenvalue weighted by molar-refractivity contribution is 6.31. The van der Waals surface area contributed by atoms with Crippen molar-refractivity contribution in [2.75, 3.05) is 26.2 Å². The van der Waals surface area contributed by atoms with Gasteiger partial charge < -0.3 is 15.1 Å². The lowest BCUT2D eigenvalue weighted by Gasteiger charge is -2.21. The summed E-state index contributed by atoms with van der Waals surface area (Å²) in [5.74, 6) is -1.25. The number of nitrogens with one attached hydrogen (secondary N) is 1. The molecular formula is C14H21ClN4O4. The Morgan fingerprint density at radius 1 is 1.35 bits per heavy atom. The van der Waals surface area contributed by atoms with E-state index in [-0.39, 0.29) is 25.3 Å². The third-order valence-corrected chi connectivity index (χ3v) is 4.31. The fourth-order valence-corrected chi connectivity index (χ4v) is 2.72. The van der Waals surface area contributed by atoms with Crippen LogP contribution in [-0.2, 0) is 16.1 Å². The van der Waals surface area contributed by atoms with Gasteiger partial charge in [0, 0.05) is 39.1 Å². The number of β-amino-alcohol motifs (C(OH)–C–C–N with tert-alkyl or cyclic N) is 1. The molecular weight excluding hydrogens is 324 g/mol. The average Bonchev–Trinajstić information content (AvgIpc) is 2.70. The molecule has 0 aromatic carbocycles. The molecule has 0 bridgehead atoms. The molecule has 23 heavy (non-hydrogen) atoms. The zero-order valence-corrected chi connectivity index (χ0v) is 13.7. The van der Waals surface area contributed by atoms with E-state index < -0.39 is 12.1 Å². The smallest absolute Gasteiger partial charge is 0.303 e. The summed E-state index contributed by atoms with van der Waals surface area (Å²) < 4.78 is 0. The number of H-pyrrole nitrogens is 1. The van der Waals surface area contributed by atoms with Crippen LogP contribution in [0.1, 0.15) is 24.2 Å². The summed E-state index contributed by atoms with van der Waals surface area (Å²) in [6, 6.07) is 0. The molecule has 0 radical (unpaired) electrons. The Hall–Kier alpha value is -1.64. The normalized spacial score (nSPS) is 19.6. The minimum absolute atomic E-state index is 0.0492. The topological polar surface area (TPSA) is 110 Å². The summed E-state index contributed by atoms with van der Waals surface area (Å²) in [5.41, 5.74) is 1.50. The summed E-state index contributed by atoms with van der Waals surface area (Å²) in [5, 5.41) is 26.3. The molecule has 1 atom stereocenters. The predicted octanol–water partition coefficient (Wildman–Crippen LogP) is 0.241. The van der Waals surface area contributed by atoms with E-state index in [2.05, 4.69) is 10.2 Å². The van der Waals surface area contributed by atoms with Crippen molar-refractivity contribution in [3.8, 4) is 0 Å². The SMILES string of the molecule is Cc1[nH]nc(CN2CCN(C(=O)CCC(=O)O)CC(O)C2)c1Cl. The van der Waals surface area contributed by atoms with Gasteiger partial charge in [0.2, 0.25) is 5.91 Å². The highest BCUT2D eigenvalue weighted by Crippen LogP contribution is 2.19. The average molecular weight is 345 g/mol. The summed E-state index contributed by atoms with van der Waals surface area (Å²) in [7, 11) is 0. The quantitative estimate of drug-likeness (QED) is 0.706. The molecule has 1 amide bonds. The van der Waals surface area contributed by atoms with E-state index in [1.54, 1.807) is 0 Å². The van der Waals surface area contributed by atoms with E-state index in [0.29, 0.717) is 36.9 Å². The van der Waals surface area contributed by atoms with Crippen LogP contribution in [0.4, 0.5) is 0 Å². The van der Waals surface area contributed by atoms with Gasteiger partial charge in [-0.1, -0.05) is 11.6 Å². The Bertz CT molecular complexity index is 577. The molecule has 9 heteroatoms. The van der Waals surface area contributed by atoms with E-state index in [1.165, 1.54) is 4.90 Å². The van der Waals surface area contributed by atoms with E-state index in [0.717, 1.165) is 5.69 Å². The number of carbonyl (C=O) groups excluding carboxylic acids is 1. The van der Waals surface area contributed by atoms with Gasteiger partial charge in [-0.3, -0.25) is 19.6 Å². The fraction of sp³-hybridized carbons (Fsp3) is 0.643. The standard InChI is InChI=1S/C14H21ClN4O4/c1-9-14(15)11(17-16-9)8-18-4-5-19(7-10(20)6-18)12(21)2-3-13(22)23/h10,20H,2-8H2,1H3,(H,16,17)(H,22,23). The number of aliphatic hydroxyl groups excluding tert-OH is 1. The zero-order chi connectivity index (χ0) is 17.0. The first-order chi connectivity index (χ1) is 10.9. The molecule has 1 aliphatic rings. The highest BCUT2D eigenvalue weighted by atomic mass is 35.5. The van der Waals surface area contributed by atoms with Crippen molar-refractivity contribution >= 4 is 23.5 Å². The van der Waals surface area contributed by atoms with Gasteiger partial charge in [-0.05, 0) is 6.92 Å². The van der Waals surface area contributed by atoms with Crippen LogP contribution in [0.15, 0.2) is 0 Å². The van der Waals surface area contributed by atoms with Gasteiger partial charge in [0.25, 0.3) is 0 Å². The number of carboxylic acids is 1. The lowest BCUT2D eigenvalue weighted by atomic mass is 10.2.